The van der Waals surface area contributed by atoms with Crippen molar-refractivity contribution in [3.8, 4) is 22.7 Å². The molecule has 0 aliphatic carbocycles. The number of hydrogen-bond donors (Lipinski definition) is 2. The molecule has 3 N–H and O–H groups in total. The summed E-state index contributed by atoms with van der Waals surface area (Å²) in [7, 11) is -1.16. The van der Waals surface area contributed by atoms with Crippen molar-refractivity contribution in [3.05, 3.63) is 71.1 Å². The lowest BCUT2D eigenvalue weighted by Gasteiger charge is -2.12. The van der Waals surface area contributed by atoms with E-state index in [9.17, 15) is 13.2 Å². The minimum Gasteiger partial charge on any atom is -0.480 e. The Kier molecular flexibility index (Phi) is 5.17. The van der Waals surface area contributed by atoms with Crippen LogP contribution < -0.4 is 20.8 Å². The van der Waals surface area contributed by atoms with Crippen molar-refractivity contribution in [1.82, 2.24) is 19.3 Å². The molecule has 10 heteroatoms. The molecule has 0 atom stereocenters. The molecule has 4 aromatic rings. The van der Waals surface area contributed by atoms with Gasteiger partial charge in [-0.25, -0.2) is 27.7 Å². The lowest BCUT2D eigenvalue weighted by atomic mass is 10.1. The number of nitrogens with two attached hydrogens (primary N) is 1. The van der Waals surface area contributed by atoms with Crippen LogP contribution in [-0.2, 0) is 10.0 Å². The molecule has 0 aliphatic heterocycles. The van der Waals surface area contributed by atoms with Gasteiger partial charge in [-0.15, -0.1) is 0 Å². The molecule has 4 rings (SSSR count). The van der Waals surface area contributed by atoms with Gasteiger partial charge < -0.3 is 10.5 Å². The number of nitrogens with one attached hydrogen (secondary N) is 1. The second kappa shape index (κ2) is 7.82. The van der Waals surface area contributed by atoms with Gasteiger partial charge in [-0.2, -0.15) is 0 Å². The molecule has 2 aromatic carbocycles. The summed E-state index contributed by atoms with van der Waals surface area (Å²) in [6, 6.07) is 15.4. The molecular formula is C21H19N5O4S. The number of para-hydroxylation sites is 1. The highest BCUT2D eigenvalue weighted by Gasteiger charge is 2.20. The van der Waals surface area contributed by atoms with Gasteiger partial charge in [-0.3, -0.25) is 4.79 Å². The van der Waals surface area contributed by atoms with Crippen LogP contribution in [0.15, 0.2) is 70.5 Å². The molecule has 0 saturated carbocycles. The maximum atomic E-state index is 13.2. The van der Waals surface area contributed by atoms with Crippen LogP contribution in [0.1, 0.15) is 0 Å². The Hall–Kier alpha value is -3.76. The third-order valence-corrected chi connectivity index (χ3v) is 6.22. The normalized spacial score (nSPS) is 11.5. The van der Waals surface area contributed by atoms with E-state index in [1.807, 2.05) is 6.07 Å². The summed E-state index contributed by atoms with van der Waals surface area (Å²) < 4.78 is 33.4. The van der Waals surface area contributed by atoms with Crippen LogP contribution in [0.3, 0.4) is 0 Å². The summed E-state index contributed by atoms with van der Waals surface area (Å²) in [4.78, 5) is 21.6. The fourth-order valence-corrected chi connectivity index (χ4v) is 4.12. The summed E-state index contributed by atoms with van der Waals surface area (Å²) in [5, 5.41) is 0.337. The zero-order chi connectivity index (χ0) is 22.2. The van der Waals surface area contributed by atoms with Gasteiger partial charge >= 0.3 is 0 Å². The number of nitrogen functional groups attached to an aromatic ring is 1. The van der Waals surface area contributed by atoms with Gasteiger partial charge in [0.15, 0.2) is 0 Å². The van der Waals surface area contributed by atoms with Crippen LogP contribution in [0.4, 0.5) is 5.95 Å². The molecule has 0 spiro atoms. The Balaban J connectivity index is 1.93. The number of ether oxygens (including phenoxy) is 1. The van der Waals surface area contributed by atoms with Crippen LogP contribution in [0, 0.1) is 0 Å². The number of methoxy groups -OCH3 is 1. The number of anilines is 1. The van der Waals surface area contributed by atoms with Gasteiger partial charge in [0.05, 0.1) is 23.7 Å². The van der Waals surface area contributed by atoms with Crippen molar-refractivity contribution < 1.29 is 13.2 Å². The first kappa shape index (κ1) is 20.5. The van der Waals surface area contributed by atoms with Crippen LogP contribution in [0.5, 0.6) is 5.88 Å². The largest absolute Gasteiger partial charge is 0.480 e. The van der Waals surface area contributed by atoms with Crippen LogP contribution in [0.25, 0.3) is 27.7 Å². The van der Waals surface area contributed by atoms with Crippen molar-refractivity contribution in [1.29, 1.82) is 0 Å². The molecular weight excluding hydrogens is 418 g/mol. The highest BCUT2D eigenvalue weighted by atomic mass is 32.2. The van der Waals surface area contributed by atoms with Crippen molar-refractivity contribution in [2.24, 2.45) is 0 Å². The number of pyridine rings is 1. The Morgan fingerprint density at radius 1 is 1.06 bits per heavy atom. The van der Waals surface area contributed by atoms with Crippen molar-refractivity contribution in [2.75, 3.05) is 19.9 Å². The van der Waals surface area contributed by atoms with Gasteiger partial charge in [0.1, 0.15) is 4.90 Å². The molecule has 0 bridgehead atoms. The van der Waals surface area contributed by atoms with Crippen LogP contribution in [0.2, 0.25) is 0 Å². The highest BCUT2D eigenvalue weighted by molar-refractivity contribution is 7.89. The summed E-state index contributed by atoms with van der Waals surface area (Å²) in [6.07, 6.45) is 1.48. The number of aromatic nitrogens is 3. The summed E-state index contributed by atoms with van der Waals surface area (Å²) in [6.45, 7) is 0. The third-order valence-electron chi connectivity index (χ3n) is 4.81. The number of benzene rings is 2. The summed E-state index contributed by atoms with van der Waals surface area (Å²) in [5.74, 6) is 0.0460. The number of nitrogens with zero attached hydrogens (tertiary/aromatic N) is 3. The third kappa shape index (κ3) is 3.62. The molecule has 0 radical (unpaired) electrons. The van der Waals surface area contributed by atoms with Gasteiger partial charge in [-0.1, -0.05) is 24.3 Å². The Labute approximate surface area is 178 Å². The molecule has 0 aliphatic rings. The topological polar surface area (TPSA) is 129 Å². The lowest BCUT2D eigenvalue weighted by molar-refractivity contribution is 0.385. The molecule has 31 heavy (non-hydrogen) atoms. The van der Waals surface area contributed by atoms with Crippen molar-refractivity contribution >= 4 is 26.9 Å². The van der Waals surface area contributed by atoms with E-state index in [0.717, 1.165) is 0 Å². The average molecular weight is 437 g/mol. The predicted molar refractivity (Wildman–Crippen MR) is 118 cm³/mol. The summed E-state index contributed by atoms with van der Waals surface area (Å²) >= 11 is 0. The smallest absolute Gasteiger partial charge is 0.267 e. The van der Waals surface area contributed by atoms with E-state index in [-0.39, 0.29) is 22.3 Å². The first-order chi connectivity index (χ1) is 14.9. The van der Waals surface area contributed by atoms with Crippen LogP contribution >= 0.6 is 0 Å². The minimum absolute atomic E-state index is 0.0280. The monoisotopic (exact) mass is 437 g/mol. The average Bonchev–Trinajstić information content (AvgIpc) is 2.79. The number of rotatable bonds is 5. The van der Waals surface area contributed by atoms with E-state index in [1.54, 1.807) is 42.5 Å². The molecule has 0 fully saturated rings. The van der Waals surface area contributed by atoms with Gasteiger partial charge in [-0.05, 0) is 42.9 Å². The number of sulfonamides is 1. The van der Waals surface area contributed by atoms with Crippen molar-refractivity contribution in [2.45, 2.75) is 4.90 Å². The van der Waals surface area contributed by atoms with Gasteiger partial charge in [0.2, 0.25) is 21.9 Å². The SMILES string of the molecule is CNS(=O)(=O)c1cc(-c2ccc3nc(N)n(-c4ccccc4)c(=O)c3c2)cnc1OC. The van der Waals surface area contributed by atoms with Gasteiger partial charge in [0, 0.05) is 11.8 Å². The Bertz CT molecular complexity index is 1450. The summed E-state index contributed by atoms with van der Waals surface area (Å²) in [5.41, 5.74) is 7.83. The van der Waals surface area contributed by atoms with E-state index < -0.39 is 10.0 Å². The van der Waals surface area contributed by atoms with E-state index in [0.29, 0.717) is 27.7 Å². The Morgan fingerprint density at radius 2 is 1.81 bits per heavy atom. The number of hydrogen-bond acceptors (Lipinski definition) is 7. The number of fused-ring (bicyclic) bond motifs is 1. The maximum absolute atomic E-state index is 13.2. The van der Waals surface area contributed by atoms with Crippen molar-refractivity contribution in [3.63, 3.8) is 0 Å². The molecule has 9 nitrogen and oxygen atoms in total. The predicted octanol–water partition coefficient (Wildman–Crippen LogP) is 1.95. The van der Waals surface area contributed by atoms with Crippen LogP contribution in [-0.4, -0.2) is 37.1 Å². The molecule has 2 heterocycles. The zero-order valence-corrected chi connectivity index (χ0v) is 17.6. The van der Waals surface area contributed by atoms with E-state index in [4.69, 9.17) is 10.5 Å². The van der Waals surface area contributed by atoms with Gasteiger partial charge in [0.25, 0.3) is 5.56 Å². The van der Waals surface area contributed by atoms with E-state index in [1.165, 1.54) is 31.0 Å². The molecule has 0 saturated heterocycles. The second-order valence-corrected chi connectivity index (χ2v) is 8.47. The zero-order valence-electron chi connectivity index (χ0n) is 16.7. The lowest BCUT2D eigenvalue weighted by Crippen LogP contribution is -2.23. The molecule has 0 unspecified atom stereocenters. The molecule has 2 aromatic heterocycles. The standard InChI is InChI=1S/C21H19N5O4S/c1-23-31(28,29)18-11-14(12-24-19(18)30-2)13-8-9-17-16(10-13)20(27)26(21(22)25-17)15-6-4-3-5-7-15/h3-12,23H,1-2H3,(H2,22,25). The molecule has 158 valence electrons. The minimum atomic E-state index is -3.80. The maximum Gasteiger partial charge on any atom is 0.267 e. The fourth-order valence-electron chi connectivity index (χ4n) is 3.25. The second-order valence-electron chi connectivity index (χ2n) is 6.62. The first-order valence-corrected chi connectivity index (χ1v) is 10.7. The fraction of sp³-hybridized carbons (Fsp3) is 0.0952. The van der Waals surface area contributed by atoms with E-state index >= 15 is 0 Å². The first-order valence-electron chi connectivity index (χ1n) is 9.21. The molecule has 0 amide bonds. The van der Waals surface area contributed by atoms with E-state index in [2.05, 4.69) is 14.7 Å². The Morgan fingerprint density at radius 3 is 2.48 bits per heavy atom. The quantitative estimate of drug-likeness (QED) is 0.488. The highest BCUT2D eigenvalue weighted by Crippen LogP contribution is 2.29.